The number of aromatic nitrogens is 1. The highest BCUT2D eigenvalue weighted by Gasteiger charge is 2.21. The van der Waals surface area contributed by atoms with Gasteiger partial charge in [-0.3, -0.25) is 4.79 Å². The van der Waals surface area contributed by atoms with Gasteiger partial charge < -0.3 is 19.7 Å². The molecule has 0 spiro atoms. The minimum absolute atomic E-state index is 0.309. The molecular formula is C21H25N3O4. The van der Waals surface area contributed by atoms with Crippen molar-refractivity contribution in [2.75, 3.05) is 36.5 Å². The first-order valence-electron chi connectivity index (χ1n) is 9.32. The van der Waals surface area contributed by atoms with Crippen molar-refractivity contribution in [2.24, 2.45) is 0 Å². The van der Waals surface area contributed by atoms with E-state index in [4.69, 9.17) is 9.47 Å². The van der Waals surface area contributed by atoms with Gasteiger partial charge in [0.25, 0.3) is 5.91 Å². The highest BCUT2D eigenvalue weighted by atomic mass is 16.5. The van der Waals surface area contributed by atoms with E-state index < -0.39 is 12.1 Å². The lowest BCUT2D eigenvalue weighted by Crippen LogP contribution is -2.36. The zero-order chi connectivity index (χ0) is 20.1. The second kappa shape index (κ2) is 8.84. The molecule has 0 saturated carbocycles. The number of esters is 1. The van der Waals surface area contributed by atoms with Crippen LogP contribution in [-0.4, -0.2) is 49.3 Å². The van der Waals surface area contributed by atoms with Crippen LogP contribution in [0.4, 0.5) is 11.5 Å². The summed E-state index contributed by atoms with van der Waals surface area (Å²) in [6.07, 6.45) is 0.550. The molecule has 1 aromatic carbocycles. The number of anilines is 2. The number of benzene rings is 1. The second-order valence-corrected chi connectivity index (χ2v) is 6.81. The van der Waals surface area contributed by atoms with Crippen LogP contribution in [0, 0.1) is 13.8 Å². The highest BCUT2D eigenvalue weighted by Crippen LogP contribution is 2.20. The number of rotatable bonds is 5. The normalized spacial score (nSPS) is 15.0. The Balaban J connectivity index is 1.59. The van der Waals surface area contributed by atoms with Crippen molar-refractivity contribution in [3.05, 3.63) is 53.2 Å². The number of hydrogen-bond donors (Lipinski definition) is 1. The van der Waals surface area contributed by atoms with E-state index in [9.17, 15) is 9.59 Å². The van der Waals surface area contributed by atoms with Gasteiger partial charge in [-0.1, -0.05) is 18.2 Å². The Morgan fingerprint density at radius 1 is 1.14 bits per heavy atom. The van der Waals surface area contributed by atoms with Gasteiger partial charge in [-0.15, -0.1) is 0 Å². The number of pyridine rings is 1. The monoisotopic (exact) mass is 383 g/mol. The van der Waals surface area contributed by atoms with E-state index in [1.54, 1.807) is 19.1 Å². The second-order valence-electron chi connectivity index (χ2n) is 6.81. The van der Waals surface area contributed by atoms with Crippen molar-refractivity contribution in [1.82, 2.24) is 4.98 Å². The molecule has 28 heavy (non-hydrogen) atoms. The maximum Gasteiger partial charge on any atom is 0.340 e. The Hall–Kier alpha value is -2.93. The maximum absolute atomic E-state index is 12.4. The van der Waals surface area contributed by atoms with Crippen LogP contribution in [0.1, 0.15) is 28.4 Å². The van der Waals surface area contributed by atoms with Crippen LogP contribution in [0.15, 0.2) is 36.5 Å². The van der Waals surface area contributed by atoms with Crippen LogP contribution in [0.3, 0.4) is 0 Å². The molecule has 7 nitrogen and oxygen atoms in total. The molecule has 1 saturated heterocycles. The van der Waals surface area contributed by atoms with Gasteiger partial charge >= 0.3 is 5.97 Å². The molecule has 1 aromatic heterocycles. The van der Waals surface area contributed by atoms with E-state index in [0.717, 1.165) is 35.7 Å². The topological polar surface area (TPSA) is 80.8 Å². The summed E-state index contributed by atoms with van der Waals surface area (Å²) in [6.45, 7) is 8.26. The Morgan fingerprint density at radius 3 is 2.43 bits per heavy atom. The van der Waals surface area contributed by atoms with Gasteiger partial charge in [-0.2, -0.15) is 0 Å². The molecule has 1 atom stereocenters. The fourth-order valence-corrected chi connectivity index (χ4v) is 3.00. The number of carbonyl (C=O) groups excluding carboxylic acids is 2. The minimum Gasteiger partial charge on any atom is -0.449 e. The summed E-state index contributed by atoms with van der Waals surface area (Å²) in [5.74, 6) is -0.158. The van der Waals surface area contributed by atoms with Crippen LogP contribution in [0.5, 0.6) is 0 Å². The molecule has 148 valence electrons. The lowest BCUT2D eigenvalue weighted by atomic mass is 10.1. The first-order chi connectivity index (χ1) is 13.5. The maximum atomic E-state index is 12.4. The van der Waals surface area contributed by atoms with Crippen molar-refractivity contribution in [1.29, 1.82) is 0 Å². The van der Waals surface area contributed by atoms with Crippen molar-refractivity contribution >= 4 is 23.4 Å². The van der Waals surface area contributed by atoms with Gasteiger partial charge in [0.1, 0.15) is 5.82 Å². The Morgan fingerprint density at radius 2 is 1.82 bits per heavy atom. The number of morpholine rings is 1. The minimum atomic E-state index is -0.926. The van der Waals surface area contributed by atoms with E-state index in [1.807, 2.05) is 32.0 Å². The summed E-state index contributed by atoms with van der Waals surface area (Å²) in [5.41, 5.74) is 2.96. The van der Waals surface area contributed by atoms with Crippen molar-refractivity contribution < 1.29 is 19.1 Å². The summed E-state index contributed by atoms with van der Waals surface area (Å²) < 4.78 is 10.6. The third-order valence-electron chi connectivity index (χ3n) is 4.70. The quantitative estimate of drug-likeness (QED) is 0.800. The van der Waals surface area contributed by atoms with Crippen LogP contribution in [0.2, 0.25) is 0 Å². The third-order valence-corrected chi connectivity index (χ3v) is 4.70. The number of carbonyl (C=O) groups is 2. The van der Waals surface area contributed by atoms with Gasteiger partial charge in [-0.25, -0.2) is 9.78 Å². The zero-order valence-electron chi connectivity index (χ0n) is 16.4. The van der Waals surface area contributed by atoms with Gasteiger partial charge in [0.15, 0.2) is 6.10 Å². The summed E-state index contributed by atoms with van der Waals surface area (Å²) >= 11 is 0. The van der Waals surface area contributed by atoms with Gasteiger partial charge in [0.2, 0.25) is 0 Å². The first kappa shape index (κ1) is 19.8. The predicted molar refractivity (Wildman–Crippen MR) is 107 cm³/mol. The number of amides is 1. The molecule has 0 bridgehead atoms. The molecule has 1 amide bonds. The van der Waals surface area contributed by atoms with Gasteiger partial charge in [0.05, 0.1) is 18.8 Å². The van der Waals surface area contributed by atoms with Crippen LogP contribution in [-0.2, 0) is 14.3 Å². The molecule has 2 aromatic rings. The summed E-state index contributed by atoms with van der Waals surface area (Å²) in [6, 6.07) is 9.21. The number of aryl methyl sites for hydroxylation is 2. The molecule has 0 radical (unpaired) electrons. The van der Waals surface area contributed by atoms with Crippen LogP contribution in [0.25, 0.3) is 0 Å². The molecule has 7 heteroatoms. The Kier molecular flexibility index (Phi) is 6.26. The average molecular weight is 383 g/mol. The number of hydrogen-bond acceptors (Lipinski definition) is 6. The SMILES string of the molecule is Cc1cccc(C)c1NC(=O)C(C)OC(=O)c1ccc(N2CCOCC2)nc1. The Bertz CT molecular complexity index is 825. The fraction of sp³-hybridized carbons (Fsp3) is 0.381. The fourth-order valence-electron chi connectivity index (χ4n) is 3.00. The number of ether oxygens (including phenoxy) is 2. The molecule has 1 fully saturated rings. The number of para-hydroxylation sites is 1. The molecule has 0 aliphatic carbocycles. The number of nitrogens with one attached hydrogen (secondary N) is 1. The molecular weight excluding hydrogens is 358 g/mol. The Labute approximate surface area is 164 Å². The largest absolute Gasteiger partial charge is 0.449 e. The van der Waals surface area contributed by atoms with Crippen molar-refractivity contribution in [3.8, 4) is 0 Å². The van der Waals surface area contributed by atoms with Gasteiger partial charge in [-0.05, 0) is 44.0 Å². The molecule has 3 rings (SSSR count). The summed E-state index contributed by atoms with van der Waals surface area (Å²) in [4.78, 5) is 31.2. The van der Waals surface area contributed by atoms with E-state index >= 15 is 0 Å². The summed E-state index contributed by atoms with van der Waals surface area (Å²) in [5, 5.41) is 2.84. The van der Waals surface area contributed by atoms with Crippen LogP contribution >= 0.6 is 0 Å². The predicted octanol–water partition coefficient (Wildman–Crippen LogP) is 2.72. The molecule has 1 N–H and O–H groups in total. The van der Waals surface area contributed by atoms with Gasteiger partial charge in [0, 0.05) is 25.0 Å². The van der Waals surface area contributed by atoms with Crippen molar-refractivity contribution in [2.45, 2.75) is 26.9 Å². The van der Waals surface area contributed by atoms with E-state index in [0.29, 0.717) is 18.8 Å². The molecule has 2 heterocycles. The molecule has 1 aliphatic rings. The first-order valence-corrected chi connectivity index (χ1v) is 9.32. The lowest BCUT2D eigenvalue weighted by Gasteiger charge is -2.27. The smallest absolute Gasteiger partial charge is 0.340 e. The standard InChI is InChI=1S/C21H25N3O4/c1-14-5-4-6-15(2)19(14)23-20(25)16(3)28-21(26)17-7-8-18(22-13-17)24-9-11-27-12-10-24/h4-8,13,16H,9-12H2,1-3H3,(H,23,25). The lowest BCUT2D eigenvalue weighted by molar-refractivity contribution is -0.123. The van der Waals surface area contributed by atoms with E-state index in [1.165, 1.54) is 6.20 Å². The van der Waals surface area contributed by atoms with E-state index in [-0.39, 0.29) is 5.91 Å². The summed E-state index contributed by atoms with van der Waals surface area (Å²) in [7, 11) is 0. The van der Waals surface area contributed by atoms with E-state index in [2.05, 4.69) is 15.2 Å². The van der Waals surface area contributed by atoms with Crippen LogP contribution < -0.4 is 10.2 Å². The molecule has 1 aliphatic heterocycles. The zero-order valence-corrected chi connectivity index (χ0v) is 16.4. The highest BCUT2D eigenvalue weighted by molar-refractivity contribution is 5.98. The third kappa shape index (κ3) is 4.67. The number of nitrogens with zero attached hydrogens (tertiary/aromatic N) is 2. The average Bonchev–Trinajstić information content (AvgIpc) is 2.71. The van der Waals surface area contributed by atoms with Crippen molar-refractivity contribution in [3.63, 3.8) is 0 Å². The molecule has 1 unspecified atom stereocenters.